The van der Waals surface area contributed by atoms with Gasteiger partial charge in [0.25, 0.3) is 0 Å². The summed E-state index contributed by atoms with van der Waals surface area (Å²) in [6.07, 6.45) is 1.02. The highest BCUT2D eigenvalue weighted by Crippen LogP contribution is 2.19. The molecule has 7 nitrogen and oxygen atoms in total. The van der Waals surface area contributed by atoms with Crippen LogP contribution in [0.5, 0.6) is 0 Å². The zero-order valence-electron chi connectivity index (χ0n) is 11.8. The molecule has 120 valence electrons. The second-order valence-electron chi connectivity index (χ2n) is 5.30. The lowest BCUT2D eigenvalue weighted by atomic mass is 10.1. The first-order chi connectivity index (χ1) is 9.30. The summed E-state index contributed by atoms with van der Waals surface area (Å²) >= 11 is 0. The maximum absolute atomic E-state index is 13.8. The molecule has 21 heavy (non-hydrogen) atoms. The zero-order chi connectivity index (χ0) is 16.5. The Morgan fingerprint density at radius 3 is 2.24 bits per heavy atom. The van der Waals surface area contributed by atoms with Crippen LogP contribution in [0.4, 0.5) is 10.1 Å². The van der Waals surface area contributed by atoms with Crippen molar-refractivity contribution in [1.82, 2.24) is 4.72 Å². The van der Waals surface area contributed by atoms with Gasteiger partial charge in [-0.3, -0.25) is 0 Å². The molecule has 0 aliphatic heterocycles. The Hall–Kier alpha value is -1.23. The van der Waals surface area contributed by atoms with E-state index in [1.165, 1.54) is 6.07 Å². The Labute approximate surface area is 123 Å². The van der Waals surface area contributed by atoms with Crippen LogP contribution in [0.3, 0.4) is 0 Å². The molecular weight excluding hydrogens is 321 g/mol. The first-order valence-corrected chi connectivity index (χ1v) is 9.29. The highest BCUT2D eigenvalue weighted by molar-refractivity contribution is 7.89. The lowest BCUT2D eigenvalue weighted by Crippen LogP contribution is -2.47. The lowest BCUT2D eigenvalue weighted by molar-refractivity contribution is 0.475. The molecule has 0 aliphatic rings. The molecule has 0 saturated carbocycles. The van der Waals surface area contributed by atoms with Gasteiger partial charge in [-0.1, -0.05) is 0 Å². The lowest BCUT2D eigenvalue weighted by Gasteiger charge is -2.26. The summed E-state index contributed by atoms with van der Waals surface area (Å²) in [4.78, 5) is -0.334. The van der Waals surface area contributed by atoms with Gasteiger partial charge in [-0.2, -0.15) is 0 Å². The first kappa shape index (κ1) is 17.8. The smallest absolute Gasteiger partial charge is 0.238 e. The summed E-state index contributed by atoms with van der Waals surface area (Å²) in [5.74, 6) is -0.795. The highest BCUT2D eigenvalue weighted by atomic mass is 32.2. The first-order valence-electron chi connectivity index (χ1n) is 5.85. The average molecular weight is 339 g/mol. The monoisotopic (exact) mass is 339 g/mol. The van der Waals surface area contributed by atoms with Gasteiger partial charge in [0, 0.05) is 12.1 Å². The Bertz CT molecular complexity index is 730. The molecule has 0 aliphatic carbocycles. The van der Waals surface area contributed by atoms with E-state index in [4.69, 9.17) is 5.14 Å². The molecule has 1 rings (SSSR count). The Morgan fingerprint density at radius 2 is 1.81 bits per heavy atom. The number of nitrogens with one attached hydrogen (secondary N) is 2. The molecule has 0 amide bonds. The number of rotatable bonds is 6. The van der Waals surface area contributed by atoms with E-state index < -0.39 is 31.4 Å². The van der Waals surface area contributed by atoms with Crippen molar-refractivity contribution in [3.05, 3.63) is 24.0 Å². The van der Waals surface area contributed by atoms with E-state index in [2.05, 4.69) is 10.0 Å². The Kier molecular flexibility index (Phi) is 4.98. The van der Waals surface area contributed by atoms with Crippen LogP contribution in [0.1, 0.15) is 13.8 Å². The number of benzene rings is 1. The summed E-state index contributed by atoms with van der Waals surface area (Å²) in [5.41, 5.74) is -0.802. The van der Waals surface area contributed by atoms with E-state index in [1.54, 1.807) is 13.8 Å². The third-order valence-corrected chi connectivity index (χ3v) is 4.29. The third-order valence-electron chi connectivity index (χ3n) is 2.45. The minimum atomic E-state index is -3.97. The van der Waals surface area contributed by atoms with Crippen LogP contribution in [0, 0.1) is 5.82 Å². The predicted octanol–water partition coefficient (Wildman–Crippen LogP) is 0.213. The molecule has 0 bridgehead atoms. The van der Waals surface area contributed by atoms with Crippen LogP contribution in [-0.2, 0) is 20.0 Å². The Balaban J connectivity index is 2.86. The molecule has 4 N–H and O–H groups in total. The van der Waals surface area contributed by atoms with Crippen molar-refractivity contribution >= 4 is 25.7 Å². The van der Waals surface area contributed by atoms with Crippen molar-refractivity contribution in [3.8, 4) is 0 Å². The largest absolute Gasteiger partial charge is 0.381 e. The second kappa shape index (κ2) is 5.87. The van der Waals surface area contributed by atoms with Crippen LogP contribution in [-0.4, -0.2) is 35.2 Å². The molecule has 0 fully saturated rings. The number of sulfonamides is 2. The second-order valence-corrected chi connectivity index (χ2v) is 8.61. The van der Waals surface area contributed by atoms with Gasteiger partial charge in [-0.15, -0.1) is 0 Å². The van der Waals surface area contributed by atoms with Crippen molar-refractivity contribution in [2.75, 3.05) is 18.1 Å². The summed E-state index contributed by atoms with van der Waals surface area (Å²) in [6.45, 7) is 3.35. The van der Waals surface area contributed by atoms with Gasteiger partial charge in [-0.25, -0.2) is 31.1 Å². The van der Waals surface area contributed by atoms with E-state index in [9.17, 15) is 21.2 Å². The highest BCUT2D eigenvalue weighted by Gasteiger charge is 2.22. The van der Waals surface area contributed by atoms with E-state index in [1.807, 2.05) is 0 Å². The third kappa shape index (κ3) is 5.96. The molecule has 0 heterocycles. The van der Waals surface area contributed by atoms with Gasteiger partial charge < -0.3 is 5.32 Å². The molecule has 1 aromatic rings. The van der Waals surface area contributed by atoms with Gasteiger partial charge in [0.1, 0.15) is 5.82 Å². The van der Waals surface area contributed by atoms with Gasteiger partial charge in [0.15, 0.2) is 0 Å². The van der Waals surface area contributed by atoms with Crippen molar-refractivity contribution in [1.29, 1.82) is 0 Å². The number of hydrogen-bond donors (Lipinski definition) is 3. The summed E-state index contributed by atoms with van der Waals surface area (Å²) < 4.78 is 60.7. The summed E-state index contributed by atoms with van der Waals surface area (Å²) in [6, 6.07) is 3.19. The molecule has 0 radical (unpaired) electrons. The maximum Gasteiger partial charge on any atom is 0.238 e. The van der Waals surface area contributed by atoms with Crippen molar-refractivity contribution < 1.29 is 21.2 Å². The minimum Gasteiger partial charge on any atom is -0.381 e. The number of nitrogens with two attached hydrogens (primary N) is 1. The molecular formula is C11H18FN3O4S2. The number of hydrogen-bond acceptors (Lipinski definition) is 5. The molecule has 0 spiro atoms. The standard InChI is InChI=1S/C11H18FN3O4S2/c1-11(2,15-20(3,16)17)7-14-10-5-4-8(6-9(10)12)21(13,18)19/h4-6,14-15H,7H2,1-3H3,(H2,13,18,19). The fraction of sp³-hybridized carbons (Fsp3) is 0.455. The van der Waals surface area contributed by atoms with E-state index in [0.717, 1.165) is 18.4 Å². The molecule has 10 heteroatoms. The fourth-order valence-corrected chi connectivity index (χ4v) is 3.27. The molecule has 0 atom stereocenters. The fourth-order valence-electron chi connectivity index (χ4n) is 1.67. The Morgan fingerprint density at radius 1 is 1.24 bits per heavy atom. The minimum absolute atomic E-state index is 0.0470. The normalized spacial score (nSPS) is 13.2. The van der Waals surface area contributed by atoms with Gasteiger partial charge in [-0.05, 0) is 32.0 Å². The summed E-state index contributed by atoms with van der Waals surface area (Å²) in [7, 11) is -7.37. The van der Waals surface area contributed by atoms with Crippen LogP contribution in [0.2, 0.25) is 0 Å². The summed E-state index contributed by atoms with van der Waals surface area (Å²) in [5, 5.41) is 7.61. The van der Waals surface area contributed by atoms with Crippen molar-refractivity contribution in [3.63, 3.8) is 0 Å². The molecule has 0 saturated heterocycles. The van der Waals surface area contributed by atoms with Gasteiger partial charge in [0.2, 0.25) is 20.0 Å². The average Bonchev–Trinajstić information content (AvgIpc) is 2.22. The van der Waals surface area contributed by atoms with E-state index in [0.29, 0.717) is 0 Å². The van der Waals surface area contributed by atoms with E-state index in [-0.39, 0.29) is 17.1 Å². The zero-order valence-corrected chi connectivity index (χ0v) is 13.5. The van der Waals surface area contributed by atoms with Crippen molar-refractivity contribution in [2.24, 2.45) is 5.14 Å². The maximum atomic E-state index is 13.8. The SMILES string of the molecule is CC(C)(CNc1ccc(S(N)(=O)=O)cc1F)NS(C)(=O)=O. The number of primary sulfonamides is 1. The molecule has 1 aromatic carbocycles. The molecule has 0 aromatic heterocycles. The van der Waals surface area contributed by atoms with Crippen LogP contribution < -0.4 is 15.2 Å². The van der Waals surface area contributed by atoms with Crippen LogP contribution in [0.25, 0.3) is 0 Å². The predicted molar refractivity (Wildman–Crippen MR) is 78.3 cm³/mol. The van der Waals surface area contributed by atoms with Gasteiger partial charge in [0.05, 0.1) is 16.8 Å². The van der Waals surface area contributed by atoms with Crippen LogP contribution >= 0.6 is 0 Å². The van der Waals surface area contributed by atoms with Crippen LogP contribution in [0.15, 0.2) is 23.1 Å². The molecule has 0 unspecified atom stereocenters. The number of anilines is 1. The van der Waals surface area contributed by atoms with Gasteiger partial charge >= 0.3 is 0 Å². The topological polar surface area (TPSA) is 118 Å². The van der Waals surface area contributed by atoms with Crippen molar-refractivity contribution in [2.45, 2.75) is 24.3 Å². The quantitative estimate of drug-likeness (QED) is 0.685. The number of halogens is 1. The van der Waals surface area contributed by atoms with E-state index >= 15 is 0 Å².